The van der Waals surface area contributed by atoms with Gasteiger partial charge in [0.25, 0.3) is 0 Å². The average molecular weight is 214 g/mol. The fraction of sp³-hybridized carbons (Fsp3) is 0.154. The summed E-state index contributed by atoms with van der Waals surface area (Å²) < 4.78 is 0. The number of rotatable bonds is 3. The third kappa shape index (κ3) is 2.27. The van der Waals surface area contributed by atoms with Crippen LogP contribution in [0, 0.1) is 0 Å². The molecule has 2 rings (SSSR count). The van der Waals surface area contributed by atoms with Gasteiger partial charge in [0.1, 0.15) is 6.10 Å². The normalized spacial score (nSPS) is 12.4. The minimum Gasteiger partial charge on any atom is -0.384 e. The van der Waals surface area contributed by atoms with Crippen LogP contribution in [0.1, 0.15) is 22.8 Å². The molecule has 3 N–H and O–H groups in total. The SMILES string of the molecule is NCc1ccc(C(O)c2cccnc2)cc1. The Hall–Kier alpha value is -1.71. The van der Waals surface area contributed by atoms with Gasteiger partial charge < -0.3 is 10.8 Å². The highest BCUT2D eigenvalue weighted by atomic mass is 16.3. The van der Waals surface area contributed by atoms with Crippen LogP contribution in [-0.2, 0) is 6.54 Å². The van der Waals surface area contributed by atoms with Gasteiger partial charge in [-0.15, -0.1) is 0 Å². The Kier molecular flexibility index (Phi) is 3.29. The lowest BCUT2D eigenvalue weighted by Crippen LogP contribution is -2.01. The predicted octanol–water partition coefficient (Wildman–Crippen LogP) is 1.62. The molecule has 82 valence electrons. The highest BCUT2D eigenvalue weighted by molar-refractivity contribution is 5.30. The van der Waals surface area contributed by atoms with Gasteiger partial charge in [-0.3, -0.25) is 4.98 Å². The van der Waals surface area contributed by atoms with Gasteiger partial charge in [-0.25, -0.2) is 0 Å². The van der Waals surface area contributed by atoms with Crippen LogP contribution in [0.4, 0.5) is 0 Å². The van der Waals surface area contributed by atoms with Crippen molar-refractivity contribution in [3.8, 4) is 0 Å². The Morgan fingerprint density at radius 1 is 1.12 bits per heavy atom. The van der Waals surface area contributed by atoms with E-state index in [4.69, 9.17) is 5.73 Å². The maximum absolute atomic E-state index is 10.1. The smallest absolute Gasteiger partial charge is 0.106 e. The summed E-state index contributed by atoms with van der Waals surface area (Å²) in [5, 5.41) is 10.1. The average Bonchev–Trinajstić information content (AvgIpc) is 2.39. The highest BCUT2D eigenvalue weighted by Gasteiger charge is 2.09. The topological polar surface area (TPSA) is 59.1 Å². The van der Waals surface area contributed by atoms with Crippen molar-refractivity contribution in [2.45, 2.75) is 12.6 Å². The number of nitrogens with zero attached hydrogens (tertiary/aromatic N) is 1. The van der Waals surface area contributed by atoms with Crippen LogP contribution in [0.5, 0.6) is 0 Å². The van der Waals surface area contributed by atoms with Gasteiger partial charge in [0, 0.05) is 24.5 Å². The van der Waals surface area contributed by atoms with Crippen molar-refractivity contribution >= 4 is 0 Å². The molecule has 3 heteroatoms. The summed E-state index contributed by atoms with van der Waals surface area (Å²) in [5.74, 6) is 0. The first-order valence-electron chi connectivity index (χ1n) is 5.18. The number of aromatic nitrogens is 1. The maximum Gasteiger partial charge on any atom is 0.106 e. The molecule has 0 aliphatic heterocycles. The Labute approximate surface area is 94.6 Å². The molecule has 3 nitrogen and oxygen atoms in total. The number of aliphatic hydroxyl groups is 1. The second-order valence-electron chi connectivity index (χ2n) is 3.63. The van der Waals surface area contributed by atoms with Gasteiger partial charge in [-0.1, -0.05) is 30.3 Å². The number of nitrogens with two attached hydrogens (primary N) is 1. The van der Waals surface area contributed by atoms with Crippen LogP contribution in [0.25, 0.3) is 0 Å². The van der Waals surface area contributed by atoms with Crippen molar-refractivity contribution in [1.29, 1.82) is 0 Å². The fourth-order valence-corrected chi connectivity index (χ4v) is 1.57. The summed E-state index contributed by atoms with van der Waals surface area (Å²) in [7, 11) is 0. The van der Waals surface area contributed by atoms with E-state index in [1.54, 1.807) is 12.4 Å². The van der Waals surface area contributed by atoms with Crippen molar-refractivity contribution in [3.63, 3.8) is 0 Å². The molecule has 1 atom stereocenters. The van der Waals surface area contributed by atoms with Gasteiger partial charge in [-0.2, -0.15) is 0 Å². The lowest BCUT2D eigenvalue weighted by atomic mass is 10.0. The minimum atomic E-state index is -0.625. The number of pyridine rings is 1. The van der Waals surface area contributed by atoms with E-state index in [1.807, 2.05) is 36.4 Å². The standard InChI is InChI=1S/C13H14N2O/c14-8-10-3-5-11(6-4-10)13(16)12-2-1-7-15-9-12/h1-7,9,13,16H,8,14H2. The van der Waals surface area contributed by atoms with Crippen molar-refractivity contribution < 1.29 is 5.11 Å². The maximum atomic E-state index is 10.1. The van der Waals surface area contributed by atoms with Crippen molar-refractivity contribution in [2.24, 2.45) is 5.73 Å². The summed E-state index contributed by atoms with van der Waals surface area (Å²) in [5.41, 5.74) is 8.22. The zero-order valence-corrected chi connectivity index (χ0v) is 8.88. The Balaban J connectivity index is 2.24. The monoisotopic (exact) mass is 214 g/mol. The van der Waals surface area contributed by atoms with Gasteiger partial charge in [0.05, 0.1) is 0 Å². The third-order valence-corrected chi connectivity index (χ3v) is 2.53. The van der Waals surface area contributed by atoms with Gasteiger partial charge in [-0.05, 0) is 17.2 Å². The number of hydrogen-bond donors (Lipinski definition) is 2. The van der Waals surface area contributed by atoms with Crippen LogP contribution >= 0.6 is 0 Å². The molecule has 1 unspecified atom stereocenters. The summed E-state index contributed by atoms with van der Waals surface area (Å²) in [4.78, 5) is 3.98. The molecule has 0 bridgehead atoms. The Morgan fingerprint density at radius 2 is 1.88 bits per heavy atom. The van der Waals surface area contributed by atoms with Gasteiger partial charge in [0.2, 0.25) is 0 Å². The molecule has 2 aromatic rings. The second kappa shape index (κ2) is 4.88. The largest absolute Gasteiger partial charge is 0.384 e. The first-order valence-corrected chi connectivity index (χ1v) is 5.18. The van der Waals surface area contributed by atoms with E-state index >= 15 is 0 Å². The molecule has 0 aliphatic rings. The van der Waals surface area contributed by atoms with E-state index in [9.17, 15) is 5.11 Å². The Bertz CT molecular complexity index is 439. The summed E-state index contributed by atoms with van der Waals surface area (Å²) in [6.07, 6.45) is 2.73. The van der Waals surface area contributed by atoms with Gasteiger partial charge in [0.15, 0.2) is 0 Å². The lowest BCUT2D eigenvalue weighted by molar-refractivity contribution is 0.220. The highest BCUT2D eigenvalue weighted by Crippen LogP contribution is 2.20. The molecule has 1 aromatic carbocycles. The zero-order chi connectivity index (χ0) is 11.4. The fourth-order valence-electron chi connectivity index (χ4n) is 1.57. The van der Waals surface area contributed by atoms with E-state index in [-0.39, 0.29) is 0 Å². The molecule has 0 saturated carbocycles. The van der Waals surface area contributed by atoms with Crippen LogP contribution in [0.2, 0.25) is 0 Å². The first kappa shape index (κ1) is 10.8. The number of benzene rings is 1. The van der Waals surface area contributed by atoms with Crippen molar-refractivity contribution in [3.05, 3.63) is 65.5 Å². The molecule has 0 amide bonds. The predicted molar refractivity (Wildman–Crippen MR) is 62.6 cm³/mol. The molecular weight excluding hydrogens is 200 g/mol. The molecule has 0 fully saturated rings. The van der Waals surface area contributed by atoms with Crippen LogP contribution < -0.4 is 5.73 Å². The molecule has 0 spiro atoms. The van der Waals surface area contributed by atoms with Crippen molar-refractivity contribution in [2.75, 3.05) is 0 Å². The molecule has 0 saturated heterocycles. The second-order valence-corrected chi connectivity index (χ2v) is 3.63. The molecule has 1 aromatic heterocycles. The molecule has 16 heavy (non-hydrogen) atoms. The Morgan fingerprint density at radius 3 is 2.44 bits per heavy atom. The van der Waals surface area contributed by atoms with E-state index in [2.05, 4.69) is 4.98 Å². The van der Waals surface area contributed by atoms with Crippen LogP contribution in [-0.4, -0.2) is 10.1 Å². The van der Waals surface area contributed by atoms with E-state index in [1.165, 1.54) is 0 Å². The van der Waals surface area contributed by atoms with Crippen molar-refractivity contribution in [1.82, 2.24) is 4.98 Å². The minimum absolute atomic E-state index is 0.517. The quantitative estimate of drug-likeness (QED) is 0.816. The molecule has 1 heterocycles. The number of hydrogen-bond acceptors (Lipinski definition) is 3. The third-order valence-electron chi connectivity index (χ3n) is 2.53. The van der Waals surface area contributed by atoms with E-state index < -0.39 is 6.10 Å². The zero-order valence-electron chi connectivity index (χ0n) is 8.88. The molecular formula is C13H14N2O. The molecule has 0 radical (unpaired) electrons. The lowest BCUT2D eigenvalue weighted by Gasteiger charge is -2.11. The van der Waals surface area contributed by atoms with E-state index in [0.29, 0.717) is 6.54 Å². The summed E-state index contributed by atoms with van der Waals surface area (Å²) in [6, 6.07) is 11.3. The van der Waals surface area contributed by atoms with Crippen LogP contribution in [0.15, 0.2) is 48.8 Å². The summed E-state index contributed by atoms with van der Waals surface area (Å²) in [6.45, 7) is 0.517. The van der Waals surface area contributed by atoms with E-state index in [0.717, 1.165) is 16.7 Å². The number of aliphatic hydroxyl groups excluding tert-OH is 1. The molecule has 0 aliphatic carbocycles. The first-order chi connectivity index (χ1) is 7.81. The van der Waals surface area contributed by atoms with Crippen LogP contribution in [0.3, 0.4) is 0 Å². The van der Waals surface area contributed by atoms with Gasteiger partial charge >= 0.3 is 0 Å². The summed E-state index contributed by atoms with van der Waals surface area (Å²) >= 11 is 0.